The molecular weight excluding hydrogens is 194 g/mol. The highest BCUT2D eigenvalue weighted by atomic mass is 14.7. The van der Waals surface area contributed by atoms with Crippen LogP contribution >= 0.6 is 0 Å². The van der Waals surface area contributed by atoms with Crippen molar-refractivity contribution in [1.82, 2.24) is 0 Å². The lowest BCUT2D eigenvalue weighted by atomic mass is 9.72. The average molecular weight is 217 g/mol. The van der Waals surface area contributed by atoms with Crippen molar-refractivity contribution < 1.29 is 0 Å². The summed E-state index contributed by atoms with van der Waals surface area (Å²) in [5.74, 6) is 0.718. The molecule has 1 aromatic carbocycles. The minimum absolute atomic E-state index is 0.0935. The molecule has 0 aliphatic heterocycles. The van der Waals surface area contributed by atoms with E-state index < -0.39 is 0 Å². The van der Waals surface area contributed by atoms with Gasteiger partial charge in [-0.2, -0.15) is 0 Å². The summed E-state index contributed by atoms with van der Waals surface area (Å²) in [5.41, 5.74) is 7.95. The zero-order valence-corrected chi connectivity index (χ0v) is 10.4. The van der Waals surface area contributed by atoms with Crippen molar-refractivity contribution in [2.75, 3.05) is 0 Å². The van der Waals surface area contributed by atoms with Crippen molar-refractivity contribution in [2.45, 2.75) is 51.0 Å². The zero-order chi connectivity index (χ0) is 11.6. The number of hydrogen-bond acceptors (Lipinski definition) is 1. The van der Waals surface area contributed by atoms with Crippen LogP contribution in [0.2, 0.25) is 0 Å². The predicted molar refractivity (Wildman–Crippen MR) is 69.4 cm³/mol. The van der Waals surface area contributed by atoms with Crippen molar-refractivity contribution in [3.63, 3.8) is 0 Å². The molecular formula is C15H23N. The summed E-state index contributed by atoms with van der Waals surface area (Å²) in [7, 11) is 0. The second kappa shape index (κ2) is 4.58. The molecule has 16 heavy (non-hydrogen) atoms. The lowest BCUT2D eigenvalue weighted by Gasteiger charge is -2.36. The lowest BCUT2D eigenvalue weighted by Crippen LogP contribution is -2.45. The van der Waals surface area contributed by atoms with Gasteiger partial charge in [0.05, 0.1) is 0 Å². The fraction of sp³-hybridized carbons (Fsp3) is 0.600. The molecule has 0 heterocycles. The van der Waals surface area contributed by atoms with Gasteiger partial charge in [0.25, 0.3) is 0 Å². The van der Waals surface area contributed by atoms with Crippen LogP contribution in [0.5, 0.6) is 0 Å². The highest BCUT2D eigenvalue weighted by Gasteiger charge is 2.35. The second-order valence-corrected chi connectivity index (χ2v) is 5.66. The van der Waals surface area contributed by atoms with Gasteiger partial charge >= 0.3 is 0 Å². The lowest BCUT2D eigenvalue weighted by molar-refractivity contribution is 0.300. The molecule has 1 nitrogen and oxygen atoms in total. The Bertz CT molecular complexity index is 323. The van der Waals surface area contributed by atoms with Crippen molar-refractivity contribution in [3.05, 3.63) is 35.9 Å². The largest absolute Gasteiger partial charge is 0.327 e. The van der Waals surface area contributed by atoms with E-state index in [1.165, 1.54) is 31.2 Å². The first kappa shape index (κ1) is 11.7. The molecule has 2 rings (SSSR count). The summed E-state index contributed by atoms with van der Waals surface area (Å²) in [4.78, 5) is 0. The first-order chi connectivity index (χ1) is 7.62. The van der Waals surface area contributed by atoms with Gasteiger partial charge in [0, 0.05) is 11.5 Å². The zero-order valence-electron chi connectivity index (χ0n) is 10.4. The van der Waals surface area contributed by atoms with E-state index in [0.29, 0.717) is 0 Å². The van der Waals surface area contributed by atoms with Gasteiger partial charge in [-0.1, -0.05) is 57.0 Å². The third-order valence-corrected chi connectivity index (χ3v) is 4.26. The Morgan fingerprint density at radius 1 is 1.12 bits per heavy atom. The van der Waals surface area contributed by atoms with Crippen molar-refractivity contribution in [1.29, 1.82) is 0 Å². The van der Waals surface area contributed by atoms with Gasteiger partial charge in [-0.05, 0) is 24.3 Å². The van der Waals surface area contributed by atoms with Gasteiger partial charge in [0.15, 0.2) is 0 Å². The second-order valence-electron chi connectivity index (χ2n) is 5.66. The fourth-order valence-corrected chi connectivity index (χ4v) is 2.97. The molecule has 0 bridgehead atoms. The van der Waals surface area contributed by atoms with Crippen LogP contribution in [0.25, 0.3) is 0 Å². The van der Waals surface area contributed by atoms with Crippen LogP contribution in [0, 0.1) is 5.92 Å². The summed E-state index contributed by atoms with van der Waals surface area (Å²) < 4.78 is 0. The Hall–Kier alpha value is -0.820. The fourth-order valence-electron chi connectivity index (χ4n) is 2.97. The Kier molecular flexibility index (Phi) is 3.34. The van der Waals surface area contributed by atoms with Crippen LogP contribution in [0.15, 0.2) is 30.3 Å². The van der Waals surface area contributed by atoms with Crippen LogP contribution < -0.4 is 5.73 Å². The van der Waals surface area contributed by atoms with Crippen LogP contribution in [-0.4, -0.2) is 6.04 Å². The Balaban J connectivity index is 2.17. The summed E-state index contributed by atoms with van der Waals surface area (Å²) in [6.45, 7) is 4.57. The molecule has 1 heteroatoms. The number of nitrogens with two attached hydrogens (primary N) is 1. The topological polar surface area (TPSA) is 26.0 Å². The number of benzene rings is 1. The Morgan fingerprint density at radius 2 is 1.69 bits per heavy atom. The molecule has 0 saturated heterocycles. The maximum Gasteiger partial charge on any atom is 0.0159 e. The first-order valence-electron chi connectivity index (χ1n) is 6.43. The quantitative estimate of drug-likeness (QED) is 0.824. The van der Waals surface area contributed by atoms with Crippen molar-refractivity contribution >= 4 is 0 Å². The SMILES string of the molecule is CC(C)(c1ccccc1)C(N)C1CCCC1. The van der Waals surface area contributed by atoms with E-state index in [1.54, 1.807) is 0 Å². The molecule has 1 aliphatic rings. The van der Waals surface area contributed by atoms with Gasteiger partial charge in [0.2, 0.25) is 0 Å². The van der Waals surface area contributed by atoms with E-state index in [4.69, 9.17) is 5.73 Å². The third kappa shape index (κ3) is 2.15. The molecule has 1 unspecified atom stereocenters. The van der Waals surface area contributed by atoms with Gasteiger partial charge in [0.1, 0.15) is 0 Å². The summed E-state index contributed by atoms with van der Waals surface area (Å²) >= 11 is 0. The number of hydrogen-bond donors (Lipinski definition) is 1. The standard InChI is InChI=1S/C15H23N/c1-15(2,13-10-4-3-5-11-13)14(16)12-8-6-7-9-12/h3-5,10-12,14H,6-9,16H2,1-2H3. The molecule has 1 saturated carbocycles. The minimum atomic E-state index is 0.0935. The van der Waals surface area contributed by atoms with Crippen molar-refractivity contribution in [3.8, 4) is 0 Å². The van der Waals surface area contributed by atoms with Gasteiger partial charge in [-0.25, -0.2) is 0 Å². The molecule has 0 radical (unpaired) electrons. The van der Waals surface area contributed by atoms with E-state index in [2.05, 4.69) is 44.2 Å². The van der Waals surface area contributed by atoms with Gasteiger partial charge < -0.3 is 5.73 Å². The molecule has 1 atom stereocenters. The van der Waals surface area contributed by atoms with E-state index in [0.717, 1.165) is 5.92 Å². The van der Waals surface area contributed by atoms with Crippen molar-refractivity contribution in [2.24, 2.45) is 11.7 Å². The molecule has 2 N–H and O–H groups in total. The van der Waals surface area contributed by atoms with E-state index in [-0.39, 0.29) is 11.5 Å². The van der Waals surface area contributed by atoms with E-state index >= 15 is 0 Å². The predicted octanol–water partition coefficient (Wildman–Crippen LogP) is 3.48. The highest BCUT2D eigenvalue weighted by molar-refractivity contribution is 5.26. The molecule has 0 aromatic heterocycles. The molecule has 0 amide bonds. The maximum absolute atomic E-state index is 6.49. The smallest absolute Gasteiger partial charge is 0.0159 e. The van der Waals surface area contributed by atoms with Crippen LogP contribution in [-0.2, 0) is 5.41 Å². The first-order valence-corrected chi connectivity index (χ1v) is 6.43. The Labute approximate surface area is 99.0 Å². The molecule has 1 fully saturated rings. The number of rotatable bonds is 3. The average Bonchev–Trinajstić information content (AvgIpc) is 2.82. The maximum atomic E-state index is 6.49. The molecule has 88 valence electrons. The highest BCUT2D eigenvalue weighted by Crippen LogP contribution is 2.36. The monoisotopic (exact) mass is 217 g/mol. The summed E-state index contributed by atoms with van der Waals surface area (Å²) in [6.07, 6.45) is 5.36. The summed E-state index contributed by atoms with van der Waals surface area (Å²) in [5, 5.41) is 0. The van der Waals surface area contributed by atoms with Gasteiger partial charge in [-0.15, -0.1) is 0 Å². The molecule has 1 aromatic rings. The van der Waals surface area contributed by atoms with Crippen LogP contribution in [0.3, 0.4) is 0 Å². The third-order valence-electron chi connectivity index (χ3n) is 4.26. The van der Waals surface area contributed by atoms with E-state index in [1.807, 2.05) is 0 Å². The Morgan fingerprint density at radius 3 is 2.25 bits per heavy atom. The van der Waals surface area contributed by atoms with Gasteiger partial charge in [-0.3, -0.25) is 0 Å². The molecule has 1 aliphatic carbocycles. The summed E-state index contributed by atoms with van der Waals surface area (Å²) in [6, 6.07) is 11.0. The van der Waals surface area contributed by atoms with E-state index in [9.17, 15) is 0 Å². The van der Waals surface area contributed by atoms with Crippen LogP contribution in [0.4, 0.5) is 0 Å². The van der Waals surface area contributed by atoms with Crippen LogP contribution in [0.1, 0.15) is 45.1 Å². The normalized spacial score (nSPS) is 19.9. The molecule has 0 spiro atoms. The minimum Gasteiger partial charge on any atom is -0.327 e.